The van der Waals surface area contributed by atoms with Crippen molar-refractivity contribution in [1.29, 1.82) is 0 Å². The Balaban J connectivity index is 1.14. The first-order valence-corrected chi connectivity index (χ1v) is 17.8. The smallest absolute Gasteiger partial charge is 0.416 e. The molecule has 2 aromatic carbocycles. The van der Waals surface area contributed by atoms with Gasteiger partial charge in [-0.15, -0.1) is 0 Å². The van der Waals surface area contributed by atoms with Crippen molar-refractivity contribution in [3.63, 3.8) is 0 Å². The number of rotatable bonds is 6. The summed E-state index contributed by atoms with van der Waals surface area (Å²) in [6.45, 7) is 5.09. The van der Waals surface area contributed by atoms with Crippen LogP contribution in [0.2, 0.25) is 0 Å². The summed E-state index contributed by atoms with van der Waals surface area (Å²) in [6.07, 6.45) is -10.6. The molecule has 0 spiro atoms. The van der Waals surface area contributed by atoms with Crippen LogP contribution in [-0.4, -0.2) is 127 Å². The highest BCUT2D eigenvalue weighted by Crippen LogP contribution is 2.37. The third-order valence-electron chi connectivity index (χ3n) is 10.7. The molecule has 4 heterocycles. The van der Waals surface area contributed by atoms with Crippen LogP contribution >= 0.6 is 0 Å². The van der Waals surface area contributed by atoms with E-state index in [9.17, 15) is 40.7 Å². The number of nitrogens with one attached hydrogen (secondary N) is 1. The van der Waals surface area contributed by atoms with E-state index < -0.39 is 53.6 Å². The molecule has 0 radical (unpaired) electrons. The predicted octanol–water partition coefficient (Wildman–Crippen LogP) is 5.56. The quantitative estimate of drug-likeness (QED) is 0.391. The van der Waals surface area contributed by atoms with Gasteiger partial charge >= 0.3 is 24.5 Å². The number of alkyl halides is 6. The molecule has 3 fully saturated rings. The van der Waals surface area contributed by atoms with E-state index >= 15 is 0 Å². The summed E-state index contributed by atoms with van der Waals surface area (Å²) < 4.78 is 87.9. The van der Waals surface area contributed by atoms with Crippen LogP contribution in [0, 0.1) is 0 Å². The molecule has 16 heteroatoms. The van der Waals surface area contributed by atoms with Crippen molar-refractivity contribution in [1.82, 2.24) is 24.5 Å². The minimum atomic E-state index is -5.07. The molecule has 0 saturated carbocycles. The molecule has 4 amide bonds. The van der Waals surface area contributed by atoms with Crippen LogP contribution in [0.5, 0.6) is 0 Å². The Hall–Kier alpha value is -4.05. The van der Waals surface area contributed by atoms with Gasteiger partial charge in [-0.05, 0) is 74.5 Å². The number of carbonyl (C=O) groups excluding carboxylic acids is 3. The first kappa shape index (κ1) is 37.7. The maximum atomic E-state index is 13.9. The molecule has 0 bridgehead atoms. The number of hydrogen-bond acceptors (Lipinski definition) is 6. The largest absolute Gasteiger partial charge is 0.436 e. The molecule has 284 valence electrons. The molecular formula is C36H44F6N6O4. The van der Waals surface area contributed by atoms with E-state index in [4.69, 9.17) is 4.74 Å². The number of hydrogen-bond donors (Lipinski definition) is 1. The highest BCUT2D eigenvalue weighted by molar-refractivity contribution is 5.91. The number of likely N-dealkylation sites (tertiary alicyclic amines) is 2. The van der Waals surface area contributed by atoms with Gasteiger partial charge < -0.3 is 29.7 Å². The number of piperazine rings is 1. The molecule has 1 unspecified atom stereocenters. The van der Waals surface area contributed by atoms with Crippen LogP contribution in [0.3, 0.4) is 0 Å². The lowest BCUT2D eigenvalue weighted by Gasteiger charge is -2.42. The predicted molar refractivity (Wildman–Crippen MR) is 180 cm³/mol. The maximum Gasteiger partial charge on any atom is 0.416 e. The monoisotopic (exact) mass is 738 g/mol. The minimum absolute atomic E-state index is 0.0306. The molecule has 2 aromatic rings. The lowest BCUT2D eigenvalue weighted by Crippen LogP contribution is -2.54. The van der Waals surface area contributed by atoms with Crippen LogP contribution in [-0.2, 0) is 34.7 Å². The second-order valence-corrected chi connectivity index (χ2v) is 14.1. The Morgan fingerprint density at radius 2 is 1.37 bits per heavy atom. The number of anilines is 1. The van der Waals surface area contributed by atoms with Gasteiger partial charge in [0.25, 0.3) is 5.91 Å². The highest BCUT2D eigenvalue weighted by atomic mass is 19.4. The normalized spacial score (nSPS) is 21.0. The number of likely N-dealkylation sites (N-methyl/N-ethyl adjacent to an activating group) is 1. The van der Waals surface area contributed by atoms with Gasteiger partial charge in [0.05, 0.1) is 11.1 Å². The number of amides is 4. The zero-order chi connectivity index (χ0) is 37.2. The molecule has 6 rings (SSSR count). The van der Waals surface area contributed by atoms with Gasteiger partial charge in [-0.25, -0.2) is 9.59 Å². The third kappa shape index (κ3) is 8.93. The van der Waals surface area contributed by atoms with Crippen molar-refractivity contribution in [3.05, 3.63) is 64.7 Å². The van der Waals surface area contributed by atoms with E-state index in [-0.39, 0.29) is 37.3 Å². The number of carbonyl (C=O) groups is 3. The van der Waals surface area contributed by atoms with Crippen molar-refractivity contribution >= 4 is 23.7 Å². The van der Waals surface area contributed by atoms with E-state index in [0.717, 1.165) is 37.4 Å². The summed E-state index contributed by atoms with van der Waals surface area (Å²) in [4.78, 5) is 49.8. The molecule has 1 atom stereocenters. The number of nitrogens with zero attached hydrogens (tertiary/aromatic N) is 5. The zero-order valence-corrected chi connectivity index (χ0v) is 29.0. The Bertz CT molecular complexity index is 1570. The topological polar surface area (TPSA) is 88.7 Å². The van der Waals surface area contributed by atoms with Crippen LogP contribution in [0.25, 0.3) is 0 Å². The average molecular weight is 739 g/mol. The SMILES string of the molecule is CN1CCN(C2CCN(C(=O)C(Cc3cc(C(F)(F)F)cc(C(F)(F)F)c3)OC(=O)N3CCC(N4CCc5ccccc5NC4=O)CC3)CC2)CC1. The van der Waals surface area contributed by atoms with Gasteiger partial charge in [-0.3, -0.25) is 9.69 Å². The van der Waals surface area contributed by atoms with Crippen molar-refractivity contribution in [3.8, 4) is 0 Å². The number of piperidine rings is 2. The maximum absolute atomic E-state index is 13.9. The number of ether oxygens (including phenoxy) is 1. The second-order valence-electron chi connectivity index (χ2n) is 14.1. The van der Waals surface area contributed by atoms with Crippen molar-refractivity contribution in [2.24, 2.45) is 0 Å². The third-order valence-corrected chi connectivity index (χ3v) is 10.7. The van der Waals surface area contributed by atoms with E-state index in [0.29, 0.717) is 63.9 Å². The molecule has 0 aromatic heterocycles. The molecule has 52 heavy (non-hydrogen) atoms. The lowest BCUT2D eigenvalue weighted by atomic mass is 9.98. The van der Waals surface area contributed by atoms with Crippen molar-refractivity contribution < 1.29 is 45.5 Å². The van der Waals surface area contributed by atoms with Gasteiger partial charge in [0.2, 0.25) is 0 Å². The van der Waals surface area contributed by atoms with Crippen LogP contribution in [0.1, 0.15) is 47.9 Å². The summed E-state index contributed by atoms with van der Waals surface area (Å²) in [5, 5.41) is 2.94. The number of benzene rings is 2. The first-order chi connectivity index (χ1) is 24.7. The summed E-state index contributed by atoms with van der Waals surface area (Å²) >= 11 is 0. The number of urea groups is 1. The Kier molecular flexibility index (Phi) is 11.2. The Morgan fingerprint density at radius 1 is 0.788 bits per heavy atom. The van der Waals surface area contributed by atoms with Crippen molar-refractivity contribution in [2.45, 2.75) is 69.1 Å². The zero-order valence-electron chi connectivity index (χ0n) is 29.0. The summed E-state index contributed by atoms with van der Waals surface area (Å²) in [6, 6.07) is 8.52. The highest BCUT2D eigenvalue weighted by Gasteiger charge is 2.40. The van der Waals surface area contributed by atoms with Gasteiger partial charge in [-0.1, -0.05) is 18.2 Å². The molecule has 10 nitrogen and oxygen atoms in total. The first-order valence-electron chi connectivity index (χ1n) is 17.8. The van der Waals surface area contributed by atoms with E-state index in [1.165, 1.54) is 9.80 Å². The van der Waals surface area contributed by atoms with E-state index in [1.54, 1.807) is 4.90 Å². The van der Waals surface area contributed by atoms with Crippen molar-refractivity contribution in [2.75, 3.05) is 71.3 Å². The number of fused-ring (bicyclic) bond motifs is 1. The Morgan fingerprint density at radius 3 is 1.98 bits per heavy atom. The van der Waals surface area contributed by atoms with Gasteiger partial charge in [0, 0.05) is 83.1 Å². The molecule has 0 aliphatic carbocycles. The Labute approximate surface area is 298 Å². The molecular weight excluding hydrogens is 694 g/mol. The number of halogens is 6. The summed E-state index contributed by atoms with van der Waals surface area (Å²) in [5.41, 5.74) is -1.68. The molecule has 3 saturated heterocycles. The molecule has 1 N–H and O–H groups in total. The van der Waals surface area contributed by atoms with E-state index in [1.807, 2.05) is 24.3 Å². The fourth-order valence-electron chi connectivity index (χ4n) is 7.67. The van der Waals surface area contributed by atoms with Gasteiger partial charge in [-0.2, -0.15) is 26.3 Å². The molecule has 4 aliphatic heterocycles. The summed E-state index contributed by atoms with van der Waals surface area (Å²) in [7, 11) is 2.05. The molecule has 4 aliphatic rings. The number of para-hydroxylation sites is 1. The van der Waals surface area contributed by atoms with Crippen LogP contribution in [0.4, 0.5) is 41.6 Å². The van der Waals surface area contributed by atoms with Gasteiger partial charge in [0.15, 0.2) is 6.10 Å². The second kappa shape index (κ2) is 15.5. The fourth-order valence-corrected chi connectivity index (χ4v) is 7.67. The fraction of sp³-hybridized carbons (Fsp3) is 0.583. The minimum Gasteiger partial charge on any atom is -0.436 e. The van der Waals surface area contributed by atoms with Crippen LogP contribution in [0.15, 0.2) is 42.5 Å². The lowest BCUT2D eigenvalue weighted by molar-refractivity contribution is -0.143. The van der Waals surface area contributed by atoms with Crippen LogP contribution < -0.4 is 5.32 Å². The summed E-state index contributed by atoms with van der Waals surface area (Å²) in [5.74, 6) is -0.660. The van der Waals surface area contributed by atoms with Gasteiger partial charge in [0.1, 0.15) is 0 Å². The average Bonchev–Trinajstić information content (AvgIpc) is 3.28. The van der Waals surface area contributed by atoms with E-state index in [2.05, 4.69) is 22.2 Å². The standard InChI is InChI=1S/C36H44F6N6O4/c1-44-16-18-45(19-17-44)28-7-11-46(12-8-28)32(49)31(22-24-20-26(35(37,38)39)23-27(21-24)36(40,41)42)52-34(51)47-13-9-29(10-14-47)48-15-6-25-4-2-3-5-30(25)43-33(48)50/h2-5,20-21,23,28-29,31H,6-19,22H2,1H3,(H,43,50).